The minimum Gasteiger partial charge on any atom is -0.346 e. The largest absolute Gasteiger partial charge is 0.364 e. The molecule has 0 bridgehead atoms. The van der Waals surface area contributed by atoms with Gasteiger partial charge in [-0.15, -0.1) is 5.26 Å². The molecule has 0 aliphatic carbocycles. The fourth-order valence-electron chi connectivity index (χ4n) is 1.96. The van der Waals surface area contributed by atoms with Crippen LogP contribution in [0.3, 0.4) is 0 Å². The van der Waals surface area contributed by atoms with Gasteiger partial charge >= 0.3 is 5.97 Å². The topological polar surface area (TPSA) is 73.9 Å². The molecule has 0 saturated carbocycles. The molecule has 0 amide bonds. The first-order valence-electron chi connectivity index (χ1n) is 6.13. The molecule has 4 heteroatoms. The quantitative estimate of drug-likeness (QED) is 0.373. The number of nitriles is 2. The third-order valence-corrected chi connectivity index (χ3v) is 2.83. The summed E-state index contributed by atoms with van der Waals surface area (Å²) in [6, 6.07) is 19.9. The average molecular weight is 274 g/mol. The van der Waals surface area contributed by atoms with E-state index in [2.05, 4.69) is 4.74 Å². The van der Waals surface area contributed by atoms with Crippen LogP contribution >= 0.6 is 0 Å². The molecule has 0 aromatic heterocycles. The molecule has 2 aromatic carbocycles. The Balaban J connectivity index is 2.70. The summed E-state index contributed by atoms with van der Waals surface area (Å²) in [6.07, 6.45) is 1.31. The Morgan fingerprint density at radius 2 is 1.33 bits per heavy atom. The Morgan fingerprint density at radius 3 is 1.71 bits per heavy atom. The van der Waals surface area contributed by atoms with Gasteiger partial charge in [-0.25, -0.2) is 4.79 Å². The molecule has 21 heavy (non-hydrogen) atoms. The Kier molecular flexibility index (Phi) is 4.48. The second-order valence-corrected chi connectivity index (χ2v) is 4.07. The molecule has 0 fully saturated rings. The fraction of sp³-hybridized carbons (Fsp3) is 0. The minimum absolute atomic E-state index is 0.200. The summed E-state index contributed by atoms with van der Waals surface area (Å²) < 4.78 is 4.31. The Labute approximate surface area is 122 Å². The van der Waals surface area contributed by atoms with E-state index < -0.39 is 5.97 Å². The maximum atomic E-state index is 11.8. The second-order valence-electron chi connectivity index (χ2n) is 4.07. The fourth-order valence-corrected chi connectivity index (χ4v) is 1.96. The van der Waals surface area contributed by atoms with Gasteiger partial charge in [-0.1, -0.05) is 60.7 Å². The van der Waals surface area contributed by atoms with Crippen LogP contribution in [0, 0.1) is 22.8 Å². The Hall–Kier alpha value is -3.37. The number of rotatable bonds is 3. The van der Waals surface area contributed by atoms with Crippen LogP contribution in [0.2, 0.25) is 0 Å². The molecule has 0 unspecified atom stereocenters. The van der Waals surface area contributed by atoms with E-state index in [-0.39, 0.29) is 5.57 Å². The summed E-state index contributed by atoms with van der Waals surface area (Å²) in [4.78, 5) is 11.8. The molecular formula is C17H10N2O2. The van der Waals surface area contributed by atoms with E-state index in [1.807, 2.05) is 42.5 Å². The highest BCUT2D eigenvalue weighted by atomic mass is 16.5. The first-order chi connectivity index (χ1) is 10.3. The first-order valence-corrected chi connectivity index (χ1v) is 6.13. The highest BCUT2D eigenvalue weighted by Crippen LogP contribution is 2.27. The summed E-state index contributed by atoms with van der Waals surface area (Å²) in [7, 11) is 0. The molecule has 0 aliphatic heterocycles. The monoisotopic (exact) mass is 274 g/mol. The minimum atomic E-state index is -0.956. The molecule has 0 heterocycles. The summed E-state index contributed by atoms with van der Waals surface area (Å²) in [5.41, 5.74) is 1.65. The first kappa shape index (κ1) is 14.0. The lowest BCUT2D eigenvalue weighted by Crippen LogP contribution is -2.06. The van der Waals surface area contributed by atoms with Crippen molar-refractivity contribution in [2.24, 2.45) is 0 Å². The summed E-state index contributed by atoms with van der Waals surface area (Å²) in [5, 5.41) is 17.8. The lowest BCUT2D eigenvalue weighted by molar-refractivity contribution is -0.132. The van der Waals surface area contributed by atoms with E-state index >= 15 is 0 Å². The zero-order valence-corrected chi connectivity index (χ0v) is 11.0. The predicted molar refractivity (Wildman–Crippen MR) is 76.2 cm³/mol. The van der Waals surface area contributed by atoms with Crippen LogP contribution < -0.4 is 0 Å². The van der Waals surface area contributed by atoms with Gasteiger partial charge in [0.2, 0.25) is 0 Å². The second kappa shape index (κ2) is 6.70. The van der Waals surface area contributed by atoms with Gasteiger partial charge in [0, 0.05) is 5.57 Å². The zero-order valence-electron chi connectivity index (χ0n) is 11.0. The van der Waals surface area contributed by atoms with E-state index in [9.17, 15) is 10.1 Å². The molecule has 0 spiro atoms. The summed E-state index contributed by atoms with van der Waals surface area (Å²) in [6.45, 7) is 0. The van der Waals surface area contributed by atoms with E-state index in [1.54, 1.807) is 24.3 Å². The number of ether oxygens (including phenoxy) is 1. The van der Waals surface area contributed by atoms with Gasteiger partial charge in [0.1, 0.15) is 11.6 Å². The SMILES string of the molecule is N#COC(=O)C(C#N)=C(c1ccccc1)c1ccccc1. The van der Waals surface area contributed by atoms with Crippen molar-refractivity contribution in [1.82, 2.24) is 0 Å². The van der Waals surface area contributed by atoms with Crippen molar-refractivity contribution >= 4 is 11.5 Å². The molecule has 0 aliphatic rings. The highest BCUT2D eigenvalue weighted by molar-refractivity contribution is 6.05. The van der Waals surface area contributed by atoms with Crippen molar-refractivity contribution in [2.75, 3.05) is 0 Å². The van der Waals surface area contributed by atoms with E-state index in [4.69, 9.17) is 5.26 Å². The number of benzene rings is 2. The van der Waals surface area contributed by atoms with Crippen LogP contribution in [0.25, 0.3) is 5.57 Å². The van der Waals surface area contributed by atoms with Crippen molar-refractivity contribution < 1.29 is 9.53 Å². The predicted octanol–water partition coefficient (Wildman–Crippen LogP) is 3.04. The molecular weight excluding hydrogens is 264 g/mol. The number of nitrogens with zero attached hydrogens (tertiary/aromatic N) is 2. The Bertz CT molecular complexity index is 709. The Morgan fingerprint density at radius 1 is 0.857 bits per heavy atom. The van der Waals surface area contributed by atoms with Crippen molar-refractivity contribution in [1.29, 1.82) is 10.5 Å². The van der Waals surface area contributed by atoms with Gasteiger partial charge in [0.25, 0.3) is 6.26 Å². The molecule has 0 N–H and O–H groups in total. The van der Waals surface area contributed by atoms with E-state index in [0.29, 0.717) is 16.7 Å². The molecule has 0 atom stereocenters. The molecule has 2 aromatic rings. The molecule has 4 nitrogen and oxygen atoms in total. The van der Waals surface area contributed by atoms with Gasteiger partial charge in [0.05, 0.1) is 0 Å². The van der Waals surface area contributed by atoms with Crippen molar-refractivity contribution in [2.45, 2.75) is 0 Å². The van der Waals surface area contributed by atoms with Crippen LogP contribution in [0.15, 0.2) is 66.2 Å². The van der Waals surface area contributed by atoms with Gasteiger partial charge in [-0.05, 0) is 11.1 Å². The zero-order chi connectivity index (χ0) is 15.1. The van der Waals surface area contributed by atoms with Gasteiger partial charge in [0.15, 0.2) is 0 Å². The van der Waals surface area contributed by atoms with Gasteiger partial charge in [-0.3, -0.25) is 0 Å². The van der Waals surface area contributed by atoms with Crippen LogP contribution in [-0.4, -0.2) is 5.97 Å². The normalized spacial score (nSPS) is 9.05. The maximum Gasteiger partial charge on any atom is 0.364 e. The molecule has 0 saturated heterocycles. The van der Waals surface area contributed by atoms with E-state index in [1.165, 1.54) is 6.26 Å². The van der Waals surface area contributed by atoms with Crippen molar-refractivity contribution in [3.8, 4) is 12.3 Å². The third-order valence-electron chi connectivity index (χ3n) is 2.83. The van der Waals surface area contributed by atoms with Crippen LogP contribution in [0.1, 0.15) is 11.1 Å². The smallest absolute Gasteiger partial charge is 0.346 e. The number of hydrogen-bond donors (Lipinski definition) is 0. The number of esters is 1. The lowest BCUT2D eigenvalue weighted by Gasteiger charge is -2.10. The van der Waals surface area contributed by atoms with E-state index in [0.717, 1.165) is 0 Å². The van der Waals surface area contributed by atoms with Crippen LogP contribution in [0.5, 0.6) is 0 Å². The number of hydrogen-bond acceptors (Lipinski definition) is 4. The summed E-state index contributed by atoms with van der Waals surface area (Å²) >= 11 is 0. The number of carbonyl (C=O) groups is 1. The highest BCUT2D eigenvalue weighted by Gasteiger charge is 2.19. The van der Waals surface area contributed by atoms with Crippen molar-refractivity contribution in [3.63, 3.8) is 0 Å². The molecule has 100 valence electrons. The van der Waals surface area contributed by atoms with Gasteiger partial charge in [-0.2, -0.15) is 5.26 Å². The standard InChI is InChI=1S/C17H10N2O2/c18-11-15(17(20)21-12-19)16(13-7-3-1-4-8-13)14-9-5-2-6-10-14/h1-10H. The van der Waals surface area contributed by atoms with Crippen LogP contribution in [-0.2, 0) is 9.53 Å². The molecule has 0 radical (unpaired) electrons. The third kappa shape index (κ3) is 3.15. The molecule has 2 rings (SSSR count). The van der Waals surface area contributed by atoms with Gasteiger partial charge < -0.3 is 4.74 Å². The lowest BCUT2D eigenvalue weighted by atomic mass is 9.93. The maximum absolute atomic E-state index is 11.8. The van der Waals surface area contributed by atoms with Crippen molar-refractivity contribution in [3.05, 3.63) is 77.4 Å². The van der Waals surface area contributed by atoms with Crippen LogP contribution in [0.4, 0.5) is 0 Å². The average Bonchev–Trinajstić information content (AvgIpc) is 2.54. The summed E-state index contributed by atoms with van der Waals surface area (Å²) in [5.74, 6) is -0.956. The number of carbonyl (C=O) groups excluding carboxylic acids is 1.